The van der Waals surface area contributed by atoms with Crippen molar-refractivity contribution in [3.8, 4) is 11.4 Å². The Balaban J connectivity index is 2.48. The number of nitrogens with zero attached hydrogens (tertiary/aromatic N) is 3. The van der Waals surface area contributed by atoms with E-state index in [2.05, 4.69) is 31.1 Å². The van der Waals surface area contributed by atoms with E-state index >= 15 is 0 Å². The molecule has 0 spiro atoms. The lowest BCUT2D eigenvalue weighted by Gasteiger charge is -1.97. The Labute approximate surface area is 84.0 Å². The first-order chi connectivity index (χ1) is 6.36. The van der Waals surface area contributed by atoms with Crippen LogP contribution in [0.15, 0.2) is 41.1 Å². The van der Waals surface area contributed by atoms with E-state index in [0.29, 0.717) is 0 Å². The van der Waals surface area contributed by atoms with Crippen LogP contribution in [-0.2, 0) is 0 Å². The maximum Gasteiger partial charge on any atom is 0.112 e. The van der Waals surface area contributed by atoms with Crippen LogP contribution >= 0.6 is 15.9 Å². The van der Waals surface area contributed by atoms with E-state index in [9.17, 15) is 0 Å². The predicted octanol–water partition coefficient (Wildman–Crippen LogP) is 2.30. The number of halogens is 1. The van der Waals surface area contributed by atoms with E-state index in [0.717, 1.165) is 15.9 Å². The summed E-state index contributed by atoms with van der Waals surface area (Å²) in [5.74, 6) is 0. The van der Waals surface area contributed by atoms with Gasteiger partial charge in [-0.25, -0.2) is 0 Å². The first kappa shape index (κ1) is 8.31. The lowest BCUT2D eigenvalue weighted by atomic mass is 10.2. The van der Waals surface area contributed by atoms with Crippen LogP contribution in [-0.4, -0.2) is 15.2 Å². The number of hydrogen-bond acceptors (Lipinski definition) is 3. The summed E-state index contributed by atoms with van der Waals surface area (Å²) in [7, 11) is 0. The van der Waals surface area contributed by atoms with Crippen molar-refractivity contribution in [3.63, 3.8) is 0 Å². The minimum atomic E-state index is 0.773. The molecule has 2 aromatic rings. The molecule has 64 valence electrons. The Morgan fingerprint density at radius 3 is 2.77 bits per heavy atom. The average Bonchev–Trinajstić information content (AvgIpc) is 2.19. The van der Waals surface area contributed by atoms with Gasteiger partial charge in [-0.1, -0.05) is 6.07 Å². The molecule has 0 radical (unpaired) electrons. The van der Waals surface area contributed by atoms with E-state index < -0.39 is 0 Å². The molecule has 0 aliphatic rings. The maximum atomic E-state index is 4.17. The van der Waals surface area contributed by atoms with Crippen LogP contribution in [0.25, 0.3) is 11.4 Å². The smallest absolute Gasteiger partial charge is 0.112 e. The lowest BCUT2D eigenvalue weighted by molar-refractivity contribution is 1.02. The van der Waals surface area contributed by atoms with E-state index in [1.54, 1.807) is 12.4 Å². The van der Waals surface area contributed by atoms with Crippen molar-refractivity contribution in [2.75, 3.05) is 0 Å². The topological polar surface area (TPSA) is 38.7 Å². The summed E-state index contributed by atoms with van der Waals surface area (Å²) in [4.78, 5) is 4.17. The second kappa shape index (κ2) is 3.62. The molecule has 0 saturated carbocycles. The van der Waals surface area contributed by atoms with Crippen molar-refractivity contribution >= 4 is 15.9 Å². The van der Waals surface area contributed by atoms with Gasteiger partial charge in [0, 0.05) is 10.7 Å². The molecule has 0 atom stereocenters. The van der Waals surface area contributed by atoms with Crippen LogP contribution in [0.2, 0.25) is 0 Å². The highest BCUT2D eigenvalue weighted by molar-refractivity contribution is 9.10. The zero-order valence-corrected chi connectivity index (χ0v) is 8.27. The molecular weight excluding hydrogens is 230 g/mol. The summed E-state index contributed by atoms with van der Waals surface area (Å²) in [6, 6.07) is 7.58. The molecule has 3 nitrogen and oxygen atoms in total. The molecule has 0 N–H and O–H groups in total. The molecule has 0 bridgehead atoms. The van der Waals surface area contributed by atoms with Gasteiger partial charge in [-0.15, -0.1) is 5.10 Å². The molecule has 13 heavy (non-hydrogen) atoms. The molecule has 0 aliphatic carbocycles. The molecule has 0 fully saturated rings. The first-order valence-corrected chi connectivity index (χ1v) is 4.55. The van der Waals surface area contributed by atoms with Gasteiger partial charge in [-0.2, -0.15) is 5.10 Å². The van der Waals surface area contributed by atoms with Crippen molar-refractivity contribution in [1.82, 2.24) is 15.2 Å². The monoisotopic (exact) mass is 235 g/mol. The molecule has 2 rings (SSSR count). The fraction of sp³-hybridized carbons (Fsp3) is 0. The van der Waals surface area contributed by atoms with Crippen LogP contribution in [0.4, 0.5) is 0 Å². The highest BCUT2D eigenvalue weighted by atomic mass is 79.9. The summed E-state index contributed by atoms with van der Waals surface area (Å²) < 4.78 is 0.906. The van der Waals surface area contributed by atoms with Crippen molar-refractivity contribution in [3.05, 3.63) is 41.1 Å². The highest BCUT2D eigenvalue weighted by Gasteiger charge is 1.99. The van der Waals surface area contributed by atoms with Gasteiger partial charge in [0.15, 0.2) is 0 Å². The Morgan fingerprint density at radius 1 is 1.15 bits per heavy atom. The van der Waals surface area contributed by atoms with E-state index in [1.165, 1.54) is 0 Å². The molecule has 4 heteroatoms. The highest BCUT2D eigenvalue weighted by Crippen LogP contribution is 2.16. The summed E-state index contributed by atoms with van der Waals surface area (Å²) in [6.45, 7) is 0. The molecule has 2 aromatic heterocycles. The van der Waals surface area contributed by atoms with Gasteiger partial charge < -0.3 is 0 Å². The molecule has 2 heterocycles. The molecular formula is C9H6BrN3. The Kier molecular flexibility index (Phi) is 2.31. The standard InChI is InChI=1S/C9H6BrN3/c10-7-5-9(13-12-6-7)8-3-1-2-4-11-8/h1-6H. The third-order valence-corrected chi connectivity index (χ3v) is 1.98. The minimum absolute atomic E-state index is 0.773. The van der Waals surface area contributed by atoms with Crippen molar-refractivity contribution < 1.29 is 0 Å². The van der Waals surface area contributed by atoms with Gasteiger partial charge >= 0.3 is 0 Å². The Morgan fingerprint density at radius 2 is 2.08 bits per heavy atom. The van der Waals surface area contributed by atoms with E-state index in [-0.39, 0.29) is 0 Å². The normalized spacial score (nSPS) is 9.92. The molecule has 0 unspecified atom stereocenters. The largest absolute Gasteiger partial charge is 0.255 e. The maximum absolute atomic E-state index is 4.17. The van der Waals surface area contributed by atoms with Crippen molar-refractivity contribution in [2.45, 2.75) is 0 Å². The molecule has 0 aromatic carbocycles. The third-order valence-electron chi connectivity index (χ3n) is 1.55. The molecule has 0 amide bonds. The second-order valence-electron chi connectivity index (χ2n) is 2.47. The van der Waals surface area contributed by atoms with Gasteiger partial charge in [0.1, 0.15) is 5.69 Å². The number of pyridine rings is 1. The van der Waals surface area contributed by atoms with Gasteiger partial charge in [-0.05, 0) is 34.1 Å². The van der Waals surface area contributed by atoms with Crippen molar-refractivity contribution in [2.24, 2.45) is 0 Å². The summed E-state index contributed by atoms with van der Waals surface area (Å²) >= 11 is 3.33. The summed E-state index contributed by atoms with van der Waals surface area (Å²) in [5, 5.41) is 7.79. The van der Waals surface area contributed by atoms with Crippen molar-refractivity contribution in [1.29, 1.82) is 0 Å². The summed E-state index contributed by atoms with van der Waals surface area (Å²) in [5.41, 5.74) is 1.60. The second-order valence-corrected chi connectivity index (χ2v) is 3.39. The number of aromatic nitrogens is 3. The fourth-order valence-corrected chi connectivity index (χ4v) is 1.29. The quantitative estimate of drug-likeness (QED) is 0.762. The van der Waals surface area contributed by atoms with Gasteiger partial charge in [0.25, 0.3) is 0 Å². The Hall–Kier alpha value is -1.29. The van der Waals surface area contributed by atoms with Gasteiger partial charge in [0.2, 0.25) is 0 Å². The fourth-order valence-electron chi connectivity index (χ4n) is 0.982. The average molecular weight is 236 g/mol. The third kappa shape index (κ3) is 1.89. The minimum Gasteiger partial charge on any atom is -0.255 e. The first-order valence-electron chi connectivity index (χ1n) is 3.76. The number of rotatable bonds is 1. The van der Waals surface area contributed by atoms with E-state index in [1.807, 2.05) is 24.3 Å². The Bertz CT molecular complexity index is 403. The van der Waals surface area contributed by atoms with Crippen LogP contribution in [0.5, 0.6) is 0 Å². The predicted molar refractivity (Wildman–Crippen MR) is 53.0 cm³/mol. The molecule has 0 aliphatic heterocycles. The van der Waals surface area contributed by atoms with Crippen LogP contribution in [0.3, 0.4) is 0 Å². The lowest BCUT2D eigenvalue weighted by Crippen LogP contribution is -1.88. The van der Waals surface area contributed by atoms with E-state index in [4.69, 9.17) is 0 Å². The summed E-state index contributed by atoms with van der Waals surface area (Å²) in [6.07, 6.45) is 3.38. The van der Waals surface area contributed by atoms with Crippen LogP contribution in [0.1, 0.15) is 0 Å². The number of hydrogen-bond donors (Lipinski definition) is 0. The zero-order valence-electron chi connectivity index (χ0n) is 6.68. The van der Waals surface area contributed by atoms with Gasteiger partial charge in [-0.3, -0.25) is 4.98 Å². The van der Waals surface area contributed by atoms with Crippen LogP contribution < -0.4 is 0 Å². The van der Waals surface area contributed by atoms with Crippen LogP contribution in [0, 0.1) is 0 Å². The van der Waals surface area contributed by atoms with Gasteiger partial charge in [0.05, 0.1) is 11.9 Å². The SMILES string of the molecule is Brc1cnnc(-c2ccccn2)c1. The molecule has 0 saturated heterocycles. The zero-order chi connectivity index (χ0) is 9.10.